The number of halogens is 20. The first kappa shape index (κ1) is 77.8. The van der Waals surface area contributed by atoms with Crippen molar-refractivity contribution >= 4 is 24.4 Å². The van der Waals surface area contributed by atoms with Crippen molar-refractivity contribution in [1.82, 2.24) is 0 Å². The van der Waals surface area contributed by atoms with E-state index in [-0.39, 0.29) is 22.3 Å². The Kier molecular flexibility index (Phi) is 31.2. The van der Waals surface area contributed by atoms with Crippen molar-refractivity contribution in [2.45, 2.75) is 0 Å². The number of anilines is 3. The number of hydrogen-bond donors (Lipinski definition) is 6. The van der Waals surface area contributed by atoms with Crippen LogP contribution in [-0.4, -0.2) is 43.5 Å². The summed E-state index contributed by atoms with van der Waals surface area (Å²) in [7, 11) is 3.57. The average molecular weight is 1360 g/mol. The molecule has 0 heterocycles. The van der Waals surface area contributed by atoms with Crippen LogP contribution in [0.15, 0.2) is 212 Å². The number of hydrogen-bond acceptors (Lipinski definition) is 6. The number of nitrogens with one attached hydrogen (secondary N) is 3. The van der Waals surface area contributed by atoms with E-state index < -0.39 is 146 Å². The summed E-state index contributed by atoms with van der Waals surface area (Å²) in [6.45, 7) is 0. The second-order valence-corrected chi connectivity index (χ2v) is 18.4. The van der Waals surface area contributed by atoms with Crippen LogP contribution >= 0.6 is 0 Å². The molecule has 0 aromatic heterocycles. The Morgan fingerprint density at radius 3 is 0.396 bits per heavy atom. The largest absolute Gasteiger partial charge is 0.631 e. The van der Waals surface area contributed by atoms with Crippen molar-refractivity contribution in [3.8, 4) is 44.5 Å². The van der Waals surface area contributed by atoms with Gasteiger partial charge in [0.1, 0.15) is 0 Å². The lowest BCUT2D eigenvalue weighted by atomic mass is 10.0. The van der Waals surface area contributed by atoms with Gasteiger partial charge in [-0.15, -0.1) is 0 Å². The molecule has 0 spiro atoms. The molecule has 0 saturated heterocycles. The van der Waals surface area contributed by atoms with Crippen LogP contribution in [0, 0.1) is 116 Å². The van der Waals surface area contributed by atoms with Crippen LogP contribution in [0.3, 0.4) is 0 Å². The van der Waals surface area contributed by atoms with E-state index in [0.717, 1.165) is 17.1 Å². The summed E-state index contributed by atoms with van der Waals surface area (Å²) in [6, 6.07) is 58.1. The van der Waals surface area contributed by atoms with Crippen molar-refractivity contribution in [1.29, 1.82) is 0 Å². The van der Waals surface area contributed by atoms with Gasteiger partial charge < -0.3 is 31.0 Å². The highest BCUT2D eigenvalue weighted by Crippen LogP contribution is 2.35. The molecule has 0 amide bonds. The smallest absolute Gasteiger partial charge is 0.402 e. The quantitative estimate of drug-likeness (QED) is 0.0412. The average Bonchev–Trinajstić information content (AvgIpc) is 0.843. The van der Waals surface area contributed by atoms with Crippen LogP contribution in [0.25, 0.3) is 44.5 Å². The minimum Gasteiger partial charge on any atom is -0.402 e. The molecule has 0 aliphatic rings. The lowest BCUT2D eigenvalue weighted by Crippen LogP contribution is -2.07. The molecule has 11 aromatic rings. The minimum atomic E-state index is -2.17. The Labute approximate surface area is 535 Å². The maximum absolute atomic E-state index is 13.4. The van der Waals surface area contributed by atoms with E-state index >= 15 is 0 Å². The molecule has 96 heavy (non-hydrogen) atoms. The van der Waals surface area contributed by atoms with Gasteiger partial charge >= 0.3 is 7.32 Å². The zero-order valence-corrected chi connectivity index (χ0v) is 49.7. The Balaban J connectivity index is 0.000000241. The zero-order valence-electron chi connectivity index (χ0n) is 49.7. The molecule has 6 nitrogen and oxygen atoms in total. The van der Waals surface area contributed by atoms with Gasteiger partial charge in [0.15, 0.2) is 93.1 Å². The highest BCUT2D eigenvalue weighted by molar-refractivity contribution is 6.30. The third-order valence-corrected chi connectivity index (χ3v) is 12.3. The topological polar surface area (TPSA) is 96.8 Å². The fourth-order valence-electron chi connectivity index (χ4n) is 7.67. The van der Waals surface area contributed by atoms with Crippen LogP contribution in [0.4, 0.5) is 105 Å². The van der Waals surface area contributed by atoms with Crippen molar-refractivity contribution in [3.05, 3.63) is 329 Å². The van der Waals surface area contributed by atoms with Crippen LogP contribution in [0.1, 0.15) is 0 Å². The van der Waals surface area contributed by atoms with Crippen LogP contribution in [-0.2, 0) is 0 Å². The molecule has 0 radical (unpaired) electrons. The van der Waals surface area contributed by atoms with Gasteiger partial charge in [-0.05, 0) is 58.7 Å². The van der Waals surface area contributed by atoms with Crippen LogP contribution in [0.2, 0.25) is 0 Å². The maximum Gasteiger partial charge on any atom is 0.631 e. The molecule has 0 fully saturated rings. The van der Waals surface area contributed by atoms with Crippen molar-refractivity contribution in [2.75, 3.05) is 37.1 Å². The predicted octanol–water partition coefficient (Wildman–Crippen LogP) is 19.3. The molecule has 0 unspecified atom stereocenters. The molecule has 0 bridgehead atoms. The summed E-state index contributed by atoms with van der Waals surface area (Å²) in [4.78, 5) is 0. The summed E-state index contributed by atoms with van der Waals surface area (Å²) in [5, 5.41) is 30.6. The summed E-state index contributed by atoms with van der Waals surface area (Å²) in [5.74, 6) is -38.8. The van der Waals surface area contributed by atoms with Gasteiger partial charge in [-0.3, -0.25) is 0 Å². The first-order valence-electron chi connectivity index (χ1n) is 27.2. The van der Waals surface area contributed by atoms with E-state index in [1.807, 2.05) is 112 Å². The molecular formula is C69H50BF20N3O3. The molecule has 0 aliphatic heterocycles. The molecular weight excluding hydrogens is 1310 g/mol. The number of benzene rings is 11. The van der Waals surface area contributed by atoms with Gasteiger partial charge in [-0.25, -0.2) is 87.8 Å². The summed E-state index contributed by atoms with van der Waals surface area (Å²) < 4.78 is 261. The normalized spacial score (nSPS) is 9.98. The van der Waals surface area contributed by atoms with Gasteiger partial charge in [0.05, 0.1) is 22.3 Å². The molecule has 0 atom stereocenters. The number of para-hydroxylation sites is 3. The van der Waals surface area contributed by atoms with Gasteiger partial charge in [-0.2, -0.15) is 0 Å². The van der Waals surface area contributed by atoms with Crippen molar-refractivity contribution in [2.24, 2.45) is 0 Å². The van der Waals surface area contributed by atoms with Crippen molar-refractivity contribution < 1.29 is 103 Å². The monoisotopic (exact) mass is 1360 g/mol. The Bertz CT molecular complexity index is 3590. The van der Waals surface area contributed by atoms with Gasteiger partial charge in [0, 0.05) is 38.2 Å². The summed E-state index contributed by atoms with van der Waals surface area (Å²) >= 11 is 0. The zero-order chi connectivity index (χ0) is 71.3. The second-order valence-electron chi connectivity index (χ2n) is 18.4. The first-order valence-corrected chi connectivity index (χ1v) is 27.2. The van der Waals surface area contributed by atoms with E-state index in [1.165, 1.54) is 97.1 Å². The van der Waals surface area contributed by atoms with Crippen LogP contribution in [0.5, 0.6) is 0 Å². The lowest BCUT2D eigenvalue weighted by Gasteiger charge is -2.07. The third-order valence-electron chi connectivity index (χ3n) is 12.3. The Hall–Kier alpha value is -10.6. The fraction of sp³-hybridized carbons (Fsp3) is 0.0435. The standard InChI is InChI=1S/4C12H5F5.3C7H9N.BH3O3/c4*13-8-7(6-4-2-1-3-5-6)9(14)11(16)12(17)10(8)15;3*1-8-7-5-3-2-4-6-7;2-1(3)4/h4*1-5H;3*2-6,8H,1H3;2-4H. The molecule has 6 N–H and O–H groups in total. The minimum absolute atomic E-state index is 0.0692. The second kappa shape index (κ2) is 38.5. The summed E-state index contributed by atoms with van der Waals surface area (Å²) in [5.41, 5.74) is -0.457. The predicted molar refractivity (Wildman–Crippen MR) is 327 cm³/mol. The Morgan fingerprint density at radius 1 is 0.188 bits per heavy atom. The molecule has 502 valence electrons. The van der Waals surface area contributed by atoms with E-state index in [0.29, 0.717) is 0 Å². The SMILES string of the molecule is CNc1ccccc1.CNc1ccccc1.CNc1ccccc1.Fc1c(F)c(F)c(-c2ccccc2)c(F)c1F.Fc1c(F)c(F)c(-c2ccccc2)c(F)c1F.Fc1c(F)c(F)c(-c2ccccc2)c(F)c1F.Fc1c(F)c(F)c(-c2ccccc2)c(F)c1F.OB(O)O. The van der Waals surface area contributed by atoms with E-state index in [1.54, 1.807) is 24.3 Å². The highest BCUT2D eigenvalue weighted by atomic mass is 19.2. The lowest BCUT2D eigenvalue weighted by molar-refractivity contribution is 0.278. The molecule has 0 aliphatic carbocycles. The van der Waals surface area contributed by atoms with Gasteiger partial charge in [-0.1, -0.05) is 176 Å². The first-order chi connectivity index (χ1) is 45.7. The maximum atomic E-state index is 13.4. The van der Waals surface area contributed by atoms with Gasteiger partial charge in [0.25, 0.3) is 0 Å². The molecule has 11 rings (SSSR count). The van der Waals surface area contributed by atoms with Crippen molar-refractivity contribution in [3.63, 3.8) is 0 Å². The molecule has 27 heteroatoms. The van der Waals surface area contributed by atoms with Gasteiger partial charge in [0.2, 0.25) is 23.3 Å². The summed E-state index contributed by atoms with van der Waals surface area (Å²) in [6.07, 6.45) is 0. The van der Waals surface area contributed by atoms with E-state index in [2.05, 4.69) is 16.0 Å². The van der Waals surface area contributed by atoms with Crippen LogP contribution < -0.4 is 16.0 Å². The molecule has 0 saturated carbocycles. The third kappa shape index (κ3) is 21.2. The Morgan fingerprint density at radius 2 is 0.292 bits per heavy atom. The van der Waals surface area contributed by atoms with E-state index in [9.17, 15) is 87.8 Å². The highest BCUT2D eigenvalue weighted by Gasteiger charge is 2.30. The number of rotatable bonds is 7. The van der Waals surface area contributed by atoms with E-state index in [4.69, 9.17) is 15.1 Å². The molecule has 11 aromatic carbocycles. The fourth-order valence-corrected chi connectivity index (χ4v) is 7.67.